The Labute approximate surface area is 233 Å². The Bertz CT molecular complexity index is 1500. The Balaban J connectivity index is 1.73. The molecule has 1 aromatic carbocycles. The molecule has 1 aliphatic rings. The summed E-state index contributed by atoms with van der Waals surface area (Å²) in [5.41, 5.74) is 1.65. The van der Waals surface area contributed by atoms with Crippen LogP contribution in [-0.2, 0) is 9.53 Å². The van der Waals surface area contributed by atoms with E-state index in [1.165, 1.54) is 6.20 Å². The third-order valence-corrected chi connectivity index (χ3v) is 7.56. The van der Waals surface area contributed by atoms with E-state index in [-0.39, 0.29) is 22.1 Å². The van der Waals surface area contributed by atoms with Crippen molar-refractivity contribution in [2.45, 2.75) is 37.6 Å². The minimum absolute atomic E-state index is 0.0602. The average Bonchev–Trinajstić information content (AvgIpc) is 3.53. The largest absolute Gasteiger partial charge is 0.493 e. The van der Waals surface area contributed by atoms with Crippen LogP contribution in [0, 0.1) is 17.6 Å². The Morgan fingerprint density at radius 1 is 1.17 bits per heavy atom. The number of nitrogens with two attached hydrogens (primary N) is 1. The maximum absolute atomic E-state index is 14.6. The number of halogens is 5. The highest BCUT2D eigenvalue weighted by molar-refractivity contribution is 7.11. The second-order valence-corrected chi connectivity index (χ2v) is 10.1. The molecule has 0 bridgehead atoms. The van der Waals surface area contributed by atoms with Gasteiger partial charge in [0, 0.05) is 40.7 Å². The van der Waals surface area contributed by atoms with Gasteiger partial charge in [-0.25, -0.2) is 14.4 Å². The number of hydrogen-bond donors (Lipinski definition) is 3. The third-order valence-electron chi connectivity index (χ3n) is 6.78. The van der Waals surface area contributed by atoms with Crippen LogP contribution < -0.4 is 21.1 Å². The molecule has 41 heavy (non-hydrogen) atoms. The van der Waals surface area contributed by atoms with Gasteiger partial charge in [0.25, 0.3) is 17.7 Å². The summed E-state index contributed by atoms with van der Waals surface area (Å²) >= 11 is 1.02. The number of aromatic nitrogens is 2. The number of thiazole rings is 1. The van der Waals surface area contributed by atoms with Gasteiger partial charge in [-0.2, -0.15) is 17.6 Å². The number of carbonyl (C=O) groups is 3. The fourth-order valence-electron chi connectivity index (χ4n) is 4.55. The quantitative estimate of drug-likeness (QED) is 0.344. The number of rotatable bonds is 7. The molecule has 218 valence electrons. The number of methoxy groups -OCH3 is 1. The van der Waals surface area contributed by atoms with Gasteiger partial charge in [0.15, 0.2) is 22.2 Å². The van der Waals surface area contributed by atoms with E-state index in [0.717, 1.165) is 50.5 Å². The van der Waals surface area contributed by atoms with Crippen molar-refractivity contribution >= 4 is 40.6 Å². The van der Waals surface area contributed by atoms with Crippen LogP contribution in [0.3, 0.4) is 0 Å². The van der Waals surface area contributed by atoms with E-state index in [2.05, 4.69) is 20.6 Å². The van der Waals surface area contributed by atoms with Crippen LogP contribution in [0.5, 0.6) is 5.75 Å². The number of nitrogens with zero attached hydrogens (tertiary/aromatic N) is 2. The molecule has 0 radical (unpaired) electrons. The van der Waals surface area contributed by atoms with Gasteiger partial charge in [-0.05, 0) is 19.1 Å². The minimum Gasteiger partial charge on any atom is -0.493 e. The molecule has 0 spiro atoms. The molecule has 16 heteroatoms. The lowest BCUT2D eigenvalue weighted by atomic mass is 9.77. The molecule has 4 atom stereocenters. The van der Waals surface area contributed by atoms with Crippen LogP contribution in [0.2, 0.25) is 0 Å². The van der Waals surface area contributed by atoms with E-state index >= 15 is 0 Å². The van der Waals surface area contributed by atoms with Crippen LogP contribution in [-0.4, -0.2) is 52.7 Å². The fourth-order valence-corrected chi connectivity index (χ4v) is 5.08. The summed E-state index contributed by atoms with van der Waals surface area (Å²) < 4.78 is 81.3. The first-order chi connectivity index (χ1) is 19.2. The van der Waals surface area contributed by atoms with E-state index in [9.17, 15) is 36.3 Å². The smallest absolute Gasteiger partial charge is 0.417 e. The molecule has 1 aliphatic heterocycles. The van der Waals surface area contributed by atoms with Gasteiger partial charge in [-0.3, -0.25) is 14.4 Å². The van der Waals surface area contributed by atoms with Gasteiger partial charge in [-0.1, -0.05) is 13.0 Å². The van der Waals surface area contributed by atoms with Gasteiger partial charge in [-0.15, -0.1) is 11.3 Å². The van der Waals surface area contributed by atoms with E-state index in [0.29, 0.717) is 6.07 Å². The van der Waals surface area contributed by atoms with E-state index in [1.54, 1.807) is 5.38 Å². The van der Waals surface area contributed by atoms with Crippen LogP contribution >= 0.6 is 11.3 Å². The fraction of sp³-hybridized carbons (Fsp3) is 0.320. The molecular weight excluding hydrogens is 577 g/mol. The van der Waals surface area contributed by atoms with Crippen molar-refractivity contribution < 1.29 is 45.8 Å². The molecule has 2 aromatic heterocycles. The van der Waals surface area contributed by atoms with Crippen LogP contribution in [0.1, 0.15) is 45.6 Å². The summed E-state index contributed by atoms with van der Waals surface area (Å²) in [7, 11) is 1.00. The summed E-state index contributed by atoms with van der Waals surface area (Å²) in [5, 5.41) is 6.34. The van der Waals surface area contributed by atoms with Gasteiger partial charge in [0.05, 0.1) is 7.11 Å². The van der Waals surface area contributed by atoms with Crippen molar-refractivity contribution in [1.82, 2.24) is 9.97 Å². The maximum Gasteiger partial charge on any atom is 0.417 e. The molecule has 1 fully saturated rings. The number of anilines is 2. The normalized spacial score (nSPS) is 22.3. The molecule has 3 amide bonds. The van der Waals surface area contributed by atoms with E-state index in [4.69, 9.17) is 15.2 Å². The molecule has 1 saturated heterocycles. The zero-order valence-electron chi connectivity index (χ0n) is 21.5. The predicted molar refractivity (Wildman–Crippen MR) is 136 cm³/mol. The van der Waals surface area contributed by atoms with Crippen molar-refractivity contribution in [3.05, 3.63) is 63.7 Å². The number of pyridine rings is 1. The molecule has 0 aliphatic carbocycles. The number of ether oxygens (including phenoxy) is 2. The lowest BCUT2D eigenvalue weighted by Crippen LogP contribution is -2.47. The Kier molecular flexibility index (Phi) is 8.00. The van der Waals surface area contributed by atoms with Gasteiger partial charge in [0.2, 0.25) is 5.82 Å². The Morgan fingerprint density at radius 3 is 2.46 bits per heavy atom. The first kappa shape index (κ1) is 29.8. The molecule has 3 aromatic rings. The van der Waals surface area contributed by atoms with Crippen LogP contribution in [0.4, 0.5) is 33.5 Å². The molecule has 0 unspecified atom stereocenters. The molecule has 4 N–H and O–H groups in total. The monoisotopic (exact) mass is 599 g/mol. The standard InChI is InChI=1S/C25H22F5N5O5S/c1-10-16(12-4-5-13(26)17(27)18(12)39-3)19(40-24(10,2)25(28,29)30)21(37)33-11-8-14(20(31)36)34-15(9-11)35-22(38)23-32-6-7-41-23/h4-10,16,19H,1-3H3,(H2,31,36)(H2,33,34,35,37,38)/t10-,16-,19+,24+/m0/s1. The minimum atomic E-state index is -4.96. The van der Waals surface area contributed by atoms with Crippen molar-refractivity contribution in [2.75, 3.05) is 17.7 Å². The first-order valence-electron chi connectivity index (χ1n) is 11.8. The lowest BCUT2D eigenvalue weighted by molar-refractivity contribution is -0.272. The first-order valence-corrected chi connectivity index (χ1v) is 12.7. The van der Waals surface area contributed by atoms with Gasteiger partial charge >= 0.3 is 6.18 Å². The summed E-state index contributed by atoms with van der Waals surface area (Å²) in [6, 6.07) is 3.89. The summed E-state index contributed by atoms with van der Waals surface area (Å²) in [4.78, 5) is 45.5. The topological polar surface area (TPSA) is 146 Å². The van der Waals surface area contributed by atoms with Crippen LogP contribution in [0.25, 0.3) is 0 Å². The number of primary amides is 1. The Hall–Kier alpha value is -4.18. The predicted octanol–water partition coefficient (Wildman–Crippen LogP) is 4.25. The van der Waals surface area contributed by atoms with Gasteiger partial charge < -0.3 is 25.8 Å². The number of hydrogen-bond acceptors (Lipinski definition) is 8. The van der Waals surface area contributed by atoms with Crippen LogP contribution in [0.15, 0.2) is 35.8 Å². The van der Waals surface area contributed by atoms with Crippen molar-refractivity contribution in [3.8, 4) is 5.75 Å². The maximum atomic E-state index is 14.6. The molecule has 4 rings (SSSR count). The lowest BCUT2D eigenvalue weighted by Gasteiger charge is -2.32. The van der Waals surface area contributed by atoms with E-state index in [1.807, 2.05) is 0 Å². The number of amides is 3. The number of carbonyl (C=O) groups excluding carboxylic acids is 3. The van der Waals surface area contributed by atoms with Crippen molar-refractivity contribution in [1.29, 1.82) is 0 Å². The summed E-state index contributed by atoms with van der Waals surface area (Å²) in [6.07, 6.45) is -5.48. The summed E-state index contributed by atoms with van der Waals surface area (Å²) in [5.74, 6) is -9.45. The highest BCUT2D eigenvalue weighted by Crippen LogP contribution is 2.55. The van der Waals surface area contributed by atoms with Crippen molar-refractivity contribution in [3.63, 3.8) is 0 Å². The SMILES string of the molecule is COc1c([C@H]2[C@H](C(=O)Nc3cc(NC(=O)c4nccs4)nc(C(N)=O)c3)O[C@@](C)(C(F)(F)F)[C@H]2C)ccc(F)c1F. The summed E-state index contributed by atoms with van der Waals surface area (Å²) in [6.45, 7) is 1.91. The number of nitrogens with one attached hydrogen (secondary N) is 2. The second kappa shape index (κ2) is 11.0. The van der Waals surface area contributed by atoms with Crippen molar-refractivity contribution in [2.24, 2.45) is 11.7 Å². The number of benzene rings is 1. The molecule has 0 saturated carbocycles. The Morgan fingerprint density at radius 2 is 1.88 bits per heavy atom. The third kappa shape index (κ3) is 5.56. The number of alkyl halides is 3. The highest BCUT2D eigenvalue weighted by Gasteiger charge is 2.66. The highest BCUT2D eigenvalue weighted by atomic mass is 32.1. The molecular formula is C25H22F5N5O5S. The van der Waals surface area contributed by atoms with Gasteiger partial charge in [0.1, 0.15) is 17.6 Å². The zero-order chi connectivity index (χ0) is 30.3. The van der Waals surface area contributed by atoms with E-state index < -0.39 is 70.5 Å². The average molecular weight is 600 g/mol. The molecule has 3 heterocycles. The second-order valence-electron chi connectivity index (χ2n) is 9.21. The zero-order valence-corrected chi connectivity index (χ0v) is 22.3. The molecule has 10 nitrogen and oxygen atoms in total.